The van der Waals surface area contributed by atoms with Crippen molar-refractivity contribution in [2.75, 3.05) is 5.73 Å². The Morgan fingerprint density at radius 1 is 1.40 bits per heavy atom. The maximum absolute atomic E-state index is 11.4. The number of nitrogen functional groups attached to an aromatic ring is 1. The van der Waals surface area contributed by atoms with Crippen LogP contribution >= 0.6 is 0 Å². The van der Waals surface area contributed by atoms with Crippen molar-refractivity contribution in [2.24, 2.45) is 0 Å². The van der Waals surface area contributed by atoms with Crippen LogP contribution in [-0.4, -0.2) is 17.2 Å². The summed E-state index contributed by atoms with van der Waals surface area (Å²) in [6, 6.07) is 6.67. The number of anilines is 1. The molecule has 1 unspecified atom stereocenters. The van der Waals surface area contributed by atoms with Crippen molar-refractivity contribution in [1.82, 2.24) is 0 Å². The Bertz CT molecular complexity index is 349. The SMILES string of the molecule is CC(C)OC(=O)C(O)c1ccccc1N. The second-order valence-corrected chi connectivity index (χ2v) is 3.52. The van der Waals surface area contributed by atoms with Crippen LogP contribution in [0, 0.1) is 0 Å². The number of rotatable bonds is 3. The highest BCUT2D eigenvalue weighted by molar-refractivity contribution is 5.78. The zero-order chi connectivity index (χ0) is 11.4. The van der Waals surface area contributed by atoms with E-state index in [1.165, 1.54) is 0 Å². The summed E-state index contributed by atoms with van der Waals surface area (Å²) in [4.78, 5) is 11.4. The molecule has 0 saturated heterocycles. The Morgan fingerprint density at radius 3 is 2.53 bits per heavy atom. The third kappa shape index (κ3) is 2.95. The number of carbonyl (C=O) groups is 1. The van der Waals surface area contributed by atoms with Crippen molar-refractivity contribution >= 4 is 11.7 Å². The van der Waals surface area contributed by atoms with Crippen LogP contribution < -0.4 is 5.73 Å². The molecule has 4 heteroatoms. The molecule has 0 aromatic heterocycles. The molecule has 1 aromatic rings. The summed E-state index contributed by atoms with van der Waals surface area (Å²) in [5.41, 5.74) is 6.38. The number of hydrogen-bond donors (Lipinski definition) is 2. The Kier molecular flexibility index (Phi) is 3.68. The van der Waals surface area contributed by atoms with Crippen LogP contribution in [0.15, 0.2) is 24.3 Å². The standard InChI is InChI=1S/C11H15NO3/c1-7(2)15-11(14)10(13)8-5-3-4-6-9(8)12/h3-7,10,13H,12H2,1-2H3. The van der Waals surface area contributed by atoms with Gasteiger partial charge in [-0.3, -0.25) is 0 Å². The maximum atomic E-state index is 11.4. The van der Waals surface area contributed by atoms with Crippen molar-refractivity contribution in [3.05, 3.63) is 29.8 Å². The summed E-state index contributed by atoms with van der Waals surface area (Å²) >= 11 is 0. The van der Waals surface area contributed by atoms with Gasteiger partial charge in [-0.2, -0.15) is 0 Å². The van der Waals surface area contributed by atoms with E-state index in [0.29, 0.717) is 11.3 Å². The Balaban J connectivity index is 2.81. The van der Waals surface area contributed by atoms with E-state index in [0.717, 1.165) is 0 Å². The molecule has 82 valence electrons. The van der Waals surface area contributed by atoms with Gasteiger partial charge in [-0.25, -0.2) is 4.79 Å². The molecule has 15 heavy (non-hydrogen) atoms. The van der Waals surface area contributed by atoms with Crippen molar-refractivity contribution in [2.45, 2.75) is 26.1 Å². The number of nitrogens with two attached hydrogens (primary N) is 1. The van der Waals surface area contributed by atoms with Gasteiger partial charge in [0.2, 0.25) is 0 Å². The van der Waals surface area contributed by atoms with Gasteiger partial charge in [0.15, 0.2) is 6.10 Å². The van der Waals surface area contributed by atoms with Crippen molar-refractivity contribution < 1.29 is 14.6 Å². The fourth-order valence-corrected chi connectivity index (χ4v) is 1.18. The molecule has 0 bridgehead atoms. The second kappa shape index (κ2) is 4.79. The molecular formula is C11H15NO3. The highest BCUT2D eigenvalue weighted by Gasteiger charge is 2.21. The molecule has 0 radical (unpaired) electrons. The normalized spacial score (nSPS) is 12.5. The minimum absolute atomic E-state index is 0.253. The quantitative estimate of drug-likeness (QED) is 0.580. The monoisotopic (exact) mass is 209 g/mol. The molecule has 3 N–H and O–H groups in total. The summed E-state index contributed by atoms with van der Waals surface area (Å²) in [5, 5.41) is 9.66. The fraction of sp³-hybridized carbons (Fsp3) is 0.364. The largest absolute Gasteiger partial charge is 0.461 e. The molecule has 1 aromatic carbocycles. The Morgan fingerprint density at radius 2 is 2.00 bits per heavy atom. The maximum Gasteiger partial charge on any atom is 0.339 e. The molecule has 1 rings (SSSR count). The number of benzene rings is 1. The molecule has 0 amide bonds. The summed E-state index contributed by atoms with van der Waals surface area (Å²) in [5.74, 6) is -0.678. The third-order valence-corrected chi connectivity index (χ3v) is 1.87. The number of para-hydroxylation sites is 1. The smallest absolute Gasteiger partial charge is 0.339 e. The van der Waals surface area contributed by atoms with Crippen LogP contribution in [0.4, 0.5) is 5.69 Å². The van der Waals surface area contributed by atoms with Crippen LogP contribution in [-0.2, 0) is 9.53 Å². The van der Waals surface area contributed by atoms with E-state index in [4.69, 9.17) is 10.5 Å². The lowest BCUT2D eigenvalue weighted by atomic mass is 10.1. The summed E-state index contributed by atoms with van der Waals surface area (Å²) in [7, 11) is 0. The molecule has 0 aliphatic carbocycles. The predicted molar refractivity (Wildman–Crippen MR) is 57.0 cm³/mol. The topological polar surface area (TPSA) is 72.5 Å². The fourth-order valence-electron chi connectivity index (χ4n) is 1.18. The van der Waals surface area contributed by atoms with Gasteiger partial charge < -0.3 is 15.6 Å². The van der Waals surface area contributed by atoms with Gasteiger partial charge in [0.05, 0.1) is 6.10 Å². The third-order valence-electron chi connectivity index (χ3n) is 1.87. The number of ether oxygens (including phenoxy) is 1. The molecule has 0 heterocycles. The lowest BCUT2D eigenvalue weighted by Crippen LogP contribution is -2.20. The summed E-state index contributed by atoms with van der Waals surface area (Å²) in [6.07, 6.45) is -1.56. The van der Waals surface area contributed by atoms with Crippen LogP contribution in [0.5, 0.6) is 0 Å². The molecular weight excluding hydrogens is 194 g/mol. The van der Waals surface area contributed by atoms with Gasteiger partial charge in [0, 0.05) is 11.3 Å². The summed E-state index contributed by atoms with van der Waals surface area (Å²) in [6.45, 7) is 3.44. The van der Waals surface area contributed by atoms with Crippen LogP contribution in [0.25, 0.3) is 0 Å². The van der Waals surface area contributed by atoms with E-state index < -0.39 is 12.1 Å². The molecule has 1 atom stereocenters. The average molecular weight is 209 g/mol. The number of esters is 1. The van der Waals surface area contributed by atoms with Crippen molar-refractivity contribution in [3.8, 4) is 0 Å². The first kappa shape index (κ1) is 11.5. The summed E-state index contributed by atoms with van der Waals surface area (Å²) < 4.78 is 4.88. The lowest BCUT2D eigenvalue weighted by molar-refractivity contribution is -0.157. The average Bonchev–Trinajstić information content (AvgIpc) is 2.16. The Labute approximate surface area is 88.7 Å². The van der Waals surface area contributed by atoms with E-state index in [1.54, 1.807) is 38.1 Å². The van der Waals surface area contributed by atoms with Gasteiger partial charge >= 0.3 is 5.97 Å². The number of aliphatic hydroxyl groups excluding tert-OH is 1. The first-order valence-electron chi connectivity index (χ1n) is 4.75. The van der Waals surface area contributed by atoms with Crippen LogP contribution in [0.2, 0.25) is 0 Å². The zero-order valence-corrected chi connectivity index (χ0v) is 8.81. The molecule has 0 spiro atoms. The highest BCUT2D eigenvalue weighted by atomic mass is 16.6. The first-order chi connectivity index (χ1) is 7.02. The Hall–Kier alpha value is -1.55. The van der Waals surface area contributed by atoms with Crippen molar-refractivity contribution in [1.29, 1.82) is 0 Å². The van der Waals surface area contributed by atoms with Gasteiger partial charge in [0.25, 0.3) is 0 Å². The molecule has 0 aliphatic heterocycles. The minimum atomic E-state index is -1.31. The van der Waals surface area contributed by atoms with Crippen LogP contribution in [0.1, 0.15) is 25.5 Å². The van der Waals surface area contributed by atoms with E-state index in [2.05, 4.69) is 0 Å². The molecule has 0 fully saturated rings. The van der Waals surface area contributed by atoms with Gasteiger partial charge in [-0.05, 0) is 19.9 Å². The van der Waals surface area contributed by atoms with E-state index in [-0.39, 0.29) is 6.10 Å². The van der Waals surface area contributed by atoms with E-state index in [1.807, 2.05) is 0 Å². The minimum Gasteiger partial charge on any atom is -0.461 e. The highest BCUT2D eigenvalue weighted by Crippen LogP contribution is 2.21. The van der Waals surface area contributed by atoms with E-state index >= 15 is 0 Å². The second-order valence-electron chi connectivity index (χ2n) is 3.52. The van der Waals surface area contributed by atoms with E-state index in [9.17, 15) is 9.90 Å². The molecule has 0 aliphatic rings. The molecule has 0 saturated carbocycles. The van der Waals surface area contributed by atoms with Crippen LogP contribution in [0.3, 0.4) is 0 Å². The predicted octanol–water partition coefficient (Wildman–Crippen LogP) is 1.25. The first-order valence-corrected chi connectivity index (χ1v) is 4.75. The molecule has 4 nitrogen and oxygen atoms in total. The number of hydrogen-bond acceptors (Lipinski definition) is 4. The van der Waals surface area contributed by atoms with Gasteiger partial charge in [-0.15, -0.1) is 0 Å². The van der Waals surface area contributed by atoms with Crippen molar-refractivity contribution in [3.63, 3.8) is 0 Å². The number of aliphatic hydroxyl groups is 1. The lowest BCUT2D eigenvalue weighted by Gasteiger charge is -2.14. The zero-order valence-electron chi connectivity index (χ0n) is 8.81. The van der Waals surface area contributed by atoms with Gasteiger partial charge in [-0.1, -0.05) is 18.2 Å². The number of carbonyl (C=O) groups excluding carboxylic acids is 1. The van der Waals surface area contributed by atoms with Gasteiger partial charge in [0.1, 0.15) is 0 Å².